The smallest absolute Gasteiger partial charge is 0.236 e. The van der Waals surface area contributed by atoms with E-state index >= 15 is 0 Å². The van der Waals surface area contributed by atoms with Gasteiger partial charge in [-0.3, -0.25) is 4.98 Å². The van der Waals surface area contributed by atoms with E-state index in [-0.39, 0.29) is 5.54 Å². The van der Waals surface area contributed by atoms with Crippen molar-refractivity contribution in [3.63, 3.8) is 0 Å². The Balaban J connectivity index is 1.83. The summed E-state index contributed by atoms with van der Waals surface area (Å²) in [7, 11) is 0. The molecule has 120 valence electrons. The van der Waals surface area contributed by atoms with Gasteiger partial charge < -0.3 is 4.74 Å². The van der Waals surface area contributed by atoms with Crippen LogP contribution in [0, 0.1) is 6.92 Å². The SMILES string of the molecule is Cc1ccc(Cl)cc1CCc1cccnc1C1=NC(C)(C)CO1. The van der Waals surface area contributed by atoms with E-state index in [2.05, 4.69) is 42.9 Å². The molecular formula is C19H21ClN2O. The molecule has 0 aliphatic carbocycles. The fourth-order valence-corrected chi connectivity index (χ4v) is 2.91. The number of ether oxygens (including phenoxy) is 1. The van der Waals surface area contributed by atoms with Crippen LogP contribution in [0.25, 0.3) is 0 Å². The molecule has 0 amide bonds. The first-order valence-corrected chi connectivity index (χ1v) is 8.24. The molecule has 0 radical (unpaired) electrons. The van der Waals surface area contributed by atoms with Gasteiger partial charge in [-0.2, -0.15) is 0 Å². The van der Waals surface area contributed by atoms with Crippen molar-refractivity contribution in [3.05, 3.63) is 63.9 Å². The summed E-state index contributed by atoms with van der Waals surface area (Å²) in [5.74, 6) is 0.661. The van der Waals surface area contributed by atoms with E-state index in [1.807, 2.05) is 18.2 Å². The number of hydrogen-bond donors (Lipinski definition) is 0. The molecule has 2 heterocycles. The molecule has 1 aliphatic rings. The highest BCUT2D eigenvalue weighted by Crippen LogP contribution is 2.23. The Bertz CT molecular complexity index is 753. The predicted molar refractivity (Wildman–Crippen MR) is 94.4 cm³/mol. The van der Waals surface area contributed by atoms with Crippen molar-refractivity contribution in [3.8, 4) is 0 Å². The van der Waals surface area contributed by atoms with Crippen LogP contribution in [0.15, 0.2) is 41.5 Å². The number of rotatable bonds is 4. The Labute approximate surface area is 142 Å². The lowest BCUT2D eigenvalue weighted by molar-refractivity contribution is 0.279. The van der Waals surface area contributed by atoms with Gasteiger partial charge in [0.2, 0.25) is 5.90 Å². The molecule has 0 saturated carbocycles. The van der Waals surface area contributed by atoms with E-state index in [9.17, 15) is 0 Å². The molecule has 0 atom stereocenters. The monoisotopic (exact) mass is 328 g/mol. The van der Waals surface area contributed by atoms with Crippen molar-refractivity contribution >= 4 is 17.5 Å². The zero-order chi connectivity index (χ0) is 16.4. The van der Waals surface area contributed by atoms with Gasteiger partial charge in [0, 0.05) is 11.2 Å². The van der Waals surface area contributed by atoms with Gasteiger partial charge in [0.05, 0.1) is 5.54 Å². The maximum Gasteiger partial charge on any atom is 0.236 e. The number of aliphatic imine (C=N–C) groups is 1. The lowest BCUT2D eigenvalue weighted by Gasteiger charge is -2.10. The van der Waals surface area contributed by atoms with E-state index in [1.165, 1.54) is 11.1 Å². The minimum atomic E-state index is -0.173. The summed E-state index contributed by atoms with van der Waals surface area (Å²) in [5.41, 5.74) is 4.37. The average Bonchev–Trinajstić information content (AvgIpc) is 2.88. The summed E-state index contributed by atoms with van der Waals surface area (Å²) in [4.78, 5) is 9.15. The summed E-state index contributed by atoms with van der Waals surface area (Å²) in [6.45, 7) is 6.85. The molecule has 0 saturated heterocycles. The number of nitrogens with zero attached hydrogens (tertiary/aromatic N) is 2. The minimum Gasteiger partial charge on any atom is -0.474 e. The predicted octanol–water partition coefficient (Wildman–Crippen LogP) is 4.38. The Kier molecular flexibility index (Phi) is 4.40. The van der Waals surface area contributed by atoms with E-state index in [1.54, 1.807) is 6.20 Å². The van der Waals surface area contributed by atoms with Crippen molar-refractivity contribution in [1.82, 2.24) is 4.98 Å². The second kappa shape index (κ2) is 6.32. The molecule has 0 N–H and O–H groups in total. The van der Waals surface area contributed by atoms with Crippen LogP contribution in [0.5, 0.6) is 0 Å². The van der Waals surface area contributed by atoms with Crippen LogP contribution < -0.4 is 0 Å². The standard InChI is InChI=1S/C19H21ClN2O/c1-13-6-9-16(20)11-15(13)8-7-14-5-4-10-21-17(14)18-22-19(2,3)12-23-18/h4-6,9-11H,7-8,12H2,1-3H3. The third-order valence-electron chi connectivity index (χ3n) is 4.04. The maximum absolute atomic E-state index is 6.11. The quantitative estimate of drug-likeness (QED) is 0.834. The first-order valence-electron chi connectivity index (χ1n) is 7.86. The Morgan fingerprint density at radius 1 is 1.17 bits per heavy atom. The van der Waals surface area contributed by atoms with Gasteiger partial charge in [-0.25, -0.2) is 4.99 Å². The lowest BCUT2D eigenvalue weighted by Crippen LogP contribution is -2.17. The summed E-state index contributed by atoms with van der Waals surface area (Å²) < 4.78 is 5.76. The number of pyridine rings is 1. The number of aryl methyl sites for hydroxylation is 3. The second-order valence-corrected chi connectivity index (χ2v) is 7.04. The summed E-state index contributed by atoms with van der Waals surface area (Å²) in [5, 5.41) is 0.780. The summed E-state index contributed by atoms with van der Waals surface area (Å²) >= 11 is 6.11. The molecule has 0 bridgehead atoms. The highest BCUT2D eigenvalue weighted by molar-refractivity contribution is 6.30. The molecule has 0 unspecified atom stereocenters. The molecule has 1 aromatic carbocycles. The van der Waals surface area contributed by atoms with E-state index < -0.39 is 0 Å². The van der Waals surface area contributed by atoms with Gasteiger partial charge in [-0.05, 0) is 68.5 Å². The number of benzene rings is 1. The van der Waals surface area contributed by atoms with Crippen LogP contribution in [0.2, 0.25) is 5.02 Å². The van der Waals surface area contributed by atoms with Crippen LogP contribution in [0.3, 0.4) is 0 Å². The molecule has 4 heteroatoms. The van der Waals surface area contributed by atoms with E-state index in [0.29, 0.717) is 12.5 Å². The largest absolute Gasteiger partial charge is 0.474 e. The Morgan fingerprint density at radius 2 is 1.96 bits per heavy atom. The zero-order valence-electron chi connectivity index (χ0n) is 13.8. The van der Waals surface area contributed by atoms with Gasteiger partial charge in [0.25, 0.3) is 0 Å². The third-order valence-corrected chi connectivity index (χ3v) is 4.27. The molecule has 23 heavy (non-hydrogen) atoms. The van der Waals surface area contributed by atoms with Gasteiger partial charge in [-0.1, -0.05) is 23.7 Å². The summed E-state index contributed by atoms with van der Waals surface area (Å²) in [6.07, 6.45) is 3.59. The molecule has 2 aromatic rings. The maximum atomic E-state index is 6.11. The Hall–Kier alpha value is -1.87. The van der Waals surface area contributed by atoms with Gasteiger partial charge in [0.15, 0.2) is 0 Å². The first kappa shape index (κ1) is 16.0. The van der Waals surface area contributed by atoms with Crippen LogP contribution in [0.1, 0.15) is 36.2 Å². The van der Waals surface area contributed by atoms with E-state index in [0.717, 1.165) is 29.1 Å². The van der Waals surface area contributed by atoms with Crippen LogP contribution in [-0.4, -0.2) is 23.0 Å². The van der Waals surface area contributed by atoms with Crippen LogP contribution >= 0.6 is 11.6 Å². The number of halogens is 1. The number of aromatic nitrogens is 1. The molecule has 0 spiro atoms. The fraction of sp³-hybridized carbons (Fsp3) is 0.368. The van der Waals surface area contributed by atoms with Gasteiger partial charge in [0.1, 0.15) is 12.3 Å². The van der Waals surface area contributed by atoms with Crippen LogP contribution in [0.4, 0.5) is 0 Å². The highest BCUT2D eigenvalue weighted by Gasteiger charge is 2.28. The molecule has 1 aromatic heterocycles. The normalized spacial score (nSPS) is 16.1. The van der Waals surface area contributed by atoms with Gasteiger partial charge >= 0.3 is 0 Å². The molecule has 3 nitrogen and oxygen atoms in total. The van der Waals surface area contributed by atoms with Crippen molar-refractivity contribution < 1.29 is 4.74 Å². The van der Waals surface area contributed by atoms with E-state index in [4.69, 9.17) is 16.3 Å². The summed E-state index contributed by atoms with van der Waals surface area (Å²) in [6, 6.07) is 10.1. The first-order chi connectivity index (χ1) is 10.9. The van der Waals surface area contributed by atoms with Crippen molar-refractivity contribution in [1.29, 1.82) is 0 Å². The minimum absolute atomic E-state index is 0.173. The molecule has 1 aliphatic heterocycles. The van der Waals surface area contributed by atoms with Crippen molar-refractivity contribution in [2.45, 2.75) is 39.2 Å². The number of hydrogen-bond acceptors (Lipinski definition) is 3. The third kappa shape index (κ3) is 3.73. The molecule has 3 rings (SSSR count). The van der Waals surface area contributed by atoms with Gasteiger partial charge in [-0.15, -0.1) is 0 Å². The average molecular weight is 329 g/mol. The molecular weight excluding hydrogens is 308 g/mol. The van der Waals surface area contributed by atoms with Crippen molar-refractivity contribution in [2.75, 3.05) is 6.61 Å². The van der Waals surface area contributed by atoms with Crippen LogP contribution in [-0.2, 0) is 17.6 Å². The lowest BCUT2D eigenvalue weighted by atomic mass is 9.99. The molecule has 0 fully saturated rings. The topological polar surface area (TPSA) is 34.5 Å². The van der Waals surface area contributed by atoms with Crippen molar-refractivity contribution in [2.24, 2.45) is 4.99 Å². The second-order valence-electron chi connectivity index (χ2n) is 6.60. The highest BCUT2D eigenvalue weighted by atomic mass is 35.5. The zero-order valence-corrected chi connectivity index (χ0v) is 14.5. The fourth-order valence-electron chi connectivity index (χ4n) is 2.72. The Morgan fingerprint density at radius 3 is 2.70 bits per heavy atom.